The highest BCUT2D eigenvalue weighted by molar-refractivity contribution is 9.10. The highest BCUT2D eigenvalue weighted by Crippen LogP contribution is 2.23. The summed E-state index contributed by atoms with van der Waals surface area (Å²) in [4.78, 5) is 0. The molecule has 1 nitrogen and oxygen atoms in total. The van der Waals surface area contributed by atoms with Gasteiger partial charge in [-0.2, -0.15) is 12.6 Å². The van der Waals surface area contributed by atoms with Crippen molar-refractivity contribution in [3.63, 3.8) is 0 Å². The normalized spacial score (nSPS) is 13.7. The summed E-state index contributed by atoms with van der Waals surface area (Å²) < 4.78 is 5.95. The molecule has 0 saturated carbocycles. The topological polar surface area (TPSA) is 13.1 Å². The summed E-state index contributed by atoms with van der Waals surface area (Å²) in [5.41, 5.74) is 0. The Labute approximate surface area is 68.0 Å². The van der Waals surface area contributed by atoms with Crippen LogP contribution in [0, 0.1) is 0 Å². The molecule has 1 rings (SSSR count). The molecule has 0 amide bonds. The molecule has 1 aromatic rings. The van der Waals surface area contributed by atoms with Crippen LogP contribution < -0.4 is 0 Å². The molecule has 1 heterocycles. The van der Waals surface area contributed by atoms with Gasteiger partial charge in [0, 0.05) is 0 Å². The van der Waals surface area contributed by atoms with Crippen LogP contribution in [0.1, 0.15) is 17.9 Å². The Morgan fingerprint density at radius 3 is 2.56 bits per heavy atom. The average molecular weight is 207 g/mol. The molecule has 0 fully saturated rings. The Bertz CT molecular complexity index is 195. The quantitative estimate of drug-likeness (QED) is 0.698. The molecule has 0 spiro atoms. The van der Waals surface area contributed by atoms with Crippen molar-refractivity contribution in [2.24, 2.45) is 0 Å². The van der Waals surface area contributed by atoms with E-state index in [9.17, 15) is 0 Å². The number of hydrogen-bond donors (Lipinski definition) is 1. The van der Waals surface area contributed by atoms with Gasteiger partial charge >= 0.3 is 0 Å². The first-order valence-corrected chi connectivity index (χ1v) is 3.94. The van der Waals surface area contributed by atoms with Crippen molar-refractivity contribution in [3.8, 4) is 0 Å². The average Bonchev–Trinajstić information content (AvgIpc) is 2.14. The van der Waals surface area contributed by atoms with Crippen LogP contribution in [0.4, 0.5) is 0 Å². The van der Waals surface area contributed by atoms with E-state index in [1.54, 1.807) is 0 Å². The molecule has 1 aromatic heterocycles. The van der Waals surface area contributed by atoms with Crippen LogP contribution in [0.25, 0.3) is 0 Å². The van der Waals surface area contributed by atoms with Crippen molar-refractivity contribution < 1.29 is 4.42 Å². The SMILES string of the molecule is CC(S)c1ccc(Br)o1. The van der Waals surface area contributed by atoms with E-state index in [4.69, 9.17) is 4.42 Å². The second-order valence-electron chi connectivity index (χ2n) is 1.82. The van der Waals surface area contributed by atoms with Gasteiger partial charge in [-0.15, -0.1) is 0 Å². The summed E-state index contributed by atoms with van der Waals surface area (Å²) in [7, 11) is 0. The highest BCUT2D eigenvalue weighted by Gasteiger charge is 2.02. The molecule has 0 aliphatic rings. The Kier molecular flexibility index (Phi) is 2.24. The van der Waals surface area contributed by atoms with E-state index >= 15 is 0 Å². The van der Waals surface area contributed by atoms with Gasteiger partial charge in [0.15, 0.2) is 4.67 Å². The Hall–Kier alpha value is 0.110. The van der Waals surface area contributed by atoms with Crippen molar-refractivity contribution in [3.05, 3.63) is 22.6 Å². The Morgan fingerprint density at radius 2 is 2.33 bits per heavy atom. The lowest BCUT2D eigenvalue weighted by atomic mass is 10.4. The maximum absolute atomic E-state index is 5.19. The largest absolute Gasteiger partial charge is 0.453 e. The van der Waals surface area contributed by atoms with Gasteiger partial charge < -0.3 is 4.42 Å². The molecule has 0 saturated heterocycles. The van der Waals surface area contributed by atoms with Gasteiger partial charge in [-0.3, -0.25) is 0 Å². The molecule has 0 bridgehead atoms. The first-order valence-electron chi connectivity index (χ1n) is 2.63. The molecule has 3 heteroatoms. The van der Waals surface area contributed by atoms with Crippen LogP contribution in [-0.2, 0) is 0 Å². The molecule has 0 aliphatic heterocycles. The fourth-order valence-electron chi connectivity index (χ4n) is 0.553. The van der Waals surface area contributed by atoms with Crippen molar-refractivity contribution in [1.29, 1.82) is 0 Å². The zero-order chi connectivity index (χ0) is 6.85. The molecule has 0 N–H and O–H groups in total. The Morgan fingerprint density at radius 1 is 1.67 bits per heavy atom. The summed E-state index contributed by atoms with van der Waals surface area (Å²) in [6.45, 7) is 1.97. The molecule has 1 atom stereocenters. The molecule has 0 aliphatic carbocycles. The molecule has 50 valence electrons. The van der Waals surface area contributed by atoms with Gasteiger partial charge in [0.2, 0.25) is 0 Å². The number of rotatable bonds is 1. The molecule has 0 radical (unpaired) electrons. The standard InChI is InChI=1S/C6H7BrOS/c1-4(9)5-2-3-6(7)8-5/h2-4,9H,1H3. The number of thiol groups is 1. The predicted molar refractivity (Wildman–Crippen MR) is 43.8 cm³/mol. The lowest BCUT2D eigenvalue weighted by Gasteiger charge is -1.94. The van der Waals surface area contributed by atoms with Gasteiger partial charge in [0.25, 0.3) is 0 Å². The van der Waals surface area contributed by atoms with Crippen LogP contribution in [0.15, 0.2) is 21.2 Å². The van der Waals surface area contributed by atoms with Gasteiger partial charge in [-0.1, -0.05) is 0 Å². The second kappa shape index (κ2) is 2.80. The van der Waals surface area contributed by atoms with Gasteiger partial charge in [0.1, 0.15) is 5.76 Å². The minimum absolute atomic E-state index is 0.177. The lowest BCUT2D eigenvalue weighted by molar-refractivity contribution is 0.491. The third-order valence-electron chi connectivity index (χ3n) is 1.01. The van der Waals surface area contributed by atoms with Gasteiger partial charge in [-0.25, -0.2) is 0 Å². The van der Waals surface area contributed by atoms with Crippen LogP contribution in [0.2, 0.25) is 0 Å². The number of hydrogen-bond acceptors (Lipinski definition) is 2. The third kappa shape index (κ3) is 1.76. The monoisotopic (exact) mass is 206 g/mol. The maximum Gasteiger partial charge on any atom is 0.169 e. The zero-order valence-electron chi connectivity index (χ0n) is 4.97. The summed E-state index contributed by atoms with van der Waals surface area (Å²) in [5, 5.41) is 0.177. The molecule has 0 aromatic carbocycles. The number of furan rings is 1. The number of halogens is 1. The summed E-state index contributed by atoms with van der Waals surface area (Å²) in [5.74, 6) is 0.894. The van der Waals surface area contributed by atoms with Gasteiger partial charge in [0.05, 0.1) is 5.25 Å². The van der Waals surface area contributed by atoms with E-state index in [-0.39, 0.29) is 5.25 Å². The molecule has 9 heavy (non-hydrogen) atoms. The van der Waals surface area contributed by atoms with E-state index < -0.39 is 0 Å². The van der Waals surface area contributed by atoms with Gasteiger partial charge in [-0.05, 0) is 35.0 Å². The van der Waals surface area contributed by atoms with Crippen LogP contribution in [0.5, 0.6) is 0 Å². The smallest absolute Gasteiger partial charge is 0.169 e. The van der Waals surface area contributed by atoms with E-state index in [1.807, 2.05) is 19.1 Å². The van der Waals surface area contributed by atoms with E-state index in [0.717, 1.165) is 10.4 Å². The van der Waals surface area contributed by atoms with E-state index in [1.165, 1.54) is 0 Å². The van der Waals surface area contributed by atoms with Crippen molar-refractivity contribution in [1.82, 2.24) is 0 Å². The van der Waals surface area contributed by atoms with Crippen LogP contribution in [0.3, 0.4) is 0 Å². The first kappa shape index (κ1) is 7.22. The maximum atomic E-state index is 5.19. The van der Waals surface area contributed by atoms with Crippen molar-refractivity contribution in [2.45, 2.75) is 12.2 Å². The van der Waals surface area contributed by atoms with Crippen LogP contribution >= 0.6 is 28.6 Å². The van der Waals surface area contributed by atoms with Crippen molar-refractivity contribution >= 4 is 28.6 Å². The second-order valence-corrected chi connectivity index (χ2v) is 3.37. The minimum Gasteiger partial charge on any atom is -0.453 e. The predicted octanol–water partition coefficient (Wildman–Crippen LogP) is 3.03. The van der Waals surface area contributed by atoms with E-state index in [2.05, 4.69) is 28.6 Å². The molecular weight excluding hydrogens is 200 g/mol. The fourth-order valence-corrected chi connectivity index (χ4v) is 1.01. The van der Waals surface area contributed by atoms with Crippen LogP contribution in [-0.4, -0.2) is 0 Å². The molecular formula is C6H7BrOS. The Balaban J connectivity index is 2.85. The summed E-state index contributed by atoms with van der Waals surface area (Å²) in [6, 6.07) is 3.77. The minimum atomic E-state index is 0.177. The summed E-state index contributed by atoms with van der Waals surface area (Å²) in [6.07, 6.45) is 0. The highest BCUT2D eigenvalue weighted by atomic mass is 79.9. The van der Waals surface area contributed by atoms with E-state index in [0.29, 0.717) is 0 Å². The lowest BCUT2D eigenvalue weighted by Crippen LogP contribution is -1.75. The molecule has 1 unspecified atom stereocenters. The van der Waals surface area contributed by atoms with Crippen molar-refractivity contribution in [2.75, 3.05) is 0 Å². The third-order valence-corrected chi connectivity index (χ3v) is 1.69. The fraction of sp³-hybridized carbons (Fsp3) is 0.333. The summed E-state index contributed by atoms with van der Waals surface area (Å²) >= 11 is 7.39. The first-order chi connectivity index (χ1) is 4.20. The zero-order valence-corrected chi connectivity index (χ0v) is 7.45.